The van der Waals surface area contributed by atoms with Crippen LogP contribution >= 0.6 is 0 Å². The molecule has 0 spiro atoms. The lowest BCUT2D eigenvalue weighted by Gasteiger charge is -2.21. The molecule has 140 valence electrons. The van der Waals surface area contributed by atoms with E-state index in [0.29, 0.717) is 5.56 Å². The molecule has 7 heteroatoms. The third-order valence-corrected chi connectivity index (χ3v) is 3.02. The second-order valence-electron chi connectivity index (χ2n) is 6.32. The summed E-state index contributed by atoms with van der Waals surface area (Å²) in [4.78, 5) is 24.3. The minimum absolute atomic E-state index is 0.0447. The maximum Gasteiger partial charge on any atom is 0.412 e. The molecule has 26 heavy (non-hydrogen) atoms. The predicted octanol–water partition coefficient (Wildman–Crippen LogP) is 3.44. The summed E-state index contributed by atoms with van der Waals surface area (Å²) in [6, 6.07) is 8.78. The Morgan fingerprint density at radius 1 is 1.15 bits per heavy atom. The number of nitriles is 1. The van der Waals surface area contributed by atoms with Crippen molar-refractivity contribution in [2.75, 3.05) is 18.5 Å². The zero-order valence-electron chi connectivity index (χ0n) is 15.8. The summed E-state index contributed by atoms with van der Waals surface area (Å²) in [5, 5.41) is 15.1. The molecule has 0 aliphatic rings. The Bertz CT molecular complexity index is 710. The van der Waals surface area contributed by atoms with E-state index in [1.54, 1.807) is 52.0 Å². The first-order valence-corrected chi connectivity index (χ1v) is 8.37. The second kappa shape index (κ2) is 9.47. The number of alkyl carbamates (subject to hydrolysis) is 1. The molecule has 0 atom stereocenters. The normalized spacial score (nSPS) is 11.7. The lowest BCUT2D eigenvalue weighted by Crippen LogP contribution is -2.32. The summed E-state index contributed by atoms with van der Waals surface area (Å²) in [5.41, 5.74) is 0.391. The highest BCUT2D eigenvalue weighted by molar-refractivity contribution is 6.03. The Hall–Kier alpha value is -3.01. The van der Waals surface area contributed by atoms with Crippen LogP contribution in [0.2, 0.25) is 0 Å². The number of ether oxygens (including phenoxy) is 2. The molecule has 0 fully saturated rings. The Morgan fingerprint density at radius 3 is 2.23 bits per heavy atom. The second-order valence-corrected chi connectivity index (χ2v) is 6.32. The van der Waals surface area contributed by atoms with Gasteiger partial charge in [0.25, 0.3) is 0 Å². The number of benzene rings is 1. The fourth-order valence-electron chi connectivity index (χ4n) is 2.05. The van der Waals surface area contributed by atoms with Crippen LogP contribution in [0, 0.1) is 11.3 Å². The number of anilines is 1. The first-order valence-electron chi connectivity index (χ1n) is 8.37. The van der Waals surface area contributed by atoms with Crippen molar-refractivity contribution in [1.82, 2.24) is 5.32 Å². The van der Waals surface area contributed by atoms with Gasteiger partial charge in [0.1, 0.15) is 11.7 Å². The molecule has 0 heterocycles. The minimum atomic E-state index is -0.809. The van der Waals surface area contributed by atoms with Gasteiger partial charge in [-0.15, -0.1) is 0 Å². The average Bonchev–Trinajstić information content (AvgIpc) is 2.54. The van der Waals surface area contributed by atoms with Gasteiger partial charge >= 0.3 is 12.1 Å². The highest BCUT2D eigenvalue weighted by Crippen LogP contribution is 2.21. The van der Waals surface area contributed by atoms with Gasteiger partial charge in [-0.3, -0.25) is 5.32 Å². The van der Waals surface area contributed by atoms with E-state index in [1.807, 2.05) is 13.0 Å². The van der Waals surface area contributed by atoms with Crippen LogP contribution in [0.5, 0.6) is 0 Å². The van der Waals surface area contributed by atoms with Gasteiger partial charge in [-0.1, -0.05) is 12.1 Å². The van der Waals surface area contributed by atoms with E-state index in [1.165, 1.54) is 0 Å². The van der Waals surface area contributed by atoms with E-state index in [9.17, 15) is 14.9 Å². The number of nitrogens with one attached hydrogen (secondary N) is 2. The van der Waals surface area contributed by atoms with E-state index in [0.717, 1.165) is 12.2 Å². The number of hydrogen-bond donors (Lipinski definition) is 2. The summed E-state index contributed by atoms with van der Waals surface area (Å²) >= 11 is 0. The average molecular weight is 359 g/mol. The predicted molar refractivity (Wildman–Crippen MR) is 99.1 cm³/mol. The van der Waals surface area contributed by atoms with Crippen LogP contribution in [0.4, 0.5) is 10.5 Å². The molecule has 0 aromatic heterocycles. The lowest BCUT2D eigenvalue weighted by molar-refractivity contribution is -0.137. The van der Waals surface area contributed by atoms with Gasteiger partial charge in [0.15, 0.2) is 5.57 Å². The third kappa shape index (κ3) is 6.48. The quantitative estimate of drug-likeness (QED) is 0.458. The van der Waals surface area contributed by atoms with Crippen LogP contribution in [0.3, 0.4) is 0 Å². The van der Waals surface area contributed by atoms with Crippen molar-refractivity contribution in [2.24, 2.45) is 0 Å². The number of hydrogen-bond acceptors (Lipinski definition) is 6. The molecule has 0 aliphatic heterocycles. The number of amides is 1. The van der Waals surface area contributed by atoms with Crippen LogP contribution in [0.25, 0.3) is 5.70 Å². The monoisotopic (exact) mass is 359 g/mol. The highest BCUT2D eigenvalue weighted by Gasteiger charge is 2.23. The molecule has 0 saturated heterocycles. The number of esters is 1. The molecule has 7 nitrogen and oxygen atoms in total. The van der Waals surface area contributed by atoms with Crippen LogP contribution in [0.15, 0.2) is 29.8 Å². The van der Waals surface area contributed by atoms with E-state index in [4.69, 9.17) is 9.47 Å². The molecule has 1 aromatic rings. The SMILES string of the molecule is CCNc1ccc(/C(NC(=O)OC(C)(C)C)=C(\C#N)C(=O)OCC)cc1. The van der Waals surface area contributed by atoms with Crippen molar-refractivity contribution in [2.45, 2.75) is 40.2 Å². The minimum Gasteiger partial charge on any atom is -0.462 e. The van der Waals surface area contributed by atoms with Gasteiger partial charge in [0.2, 0.25) is 0 Å². The summed E-state index contributed by atoms with van der Waals surface area (Å²) < 4.78 is 10.1. The van der Waals surface area contributed by atoms with Crippen molar-refractivity contribution in [3.05, 3.63) is 35.4 Å². The lowest BCUT2D eigenvalue weighted by atomic mass is 10.1. The van der Waals surface area contributed by atoms with E-state index >= 15 is 0 Å². The molecule has 1 rings (SSSR count). The number of rotatable bonds is 6. The number of carbonyl (C=O) groups is 2. The first kappa shape index (κ1) is 21.0. The summed E-state index contributed by atoms with van der Waals surface area (Å²) in [5.74, 6) is -0.809. The molecule has 0 bridgehead atoms. The van der Waals surface area contributed by atoms with Crippen molar-refractivity contribution in [3.63, 3.8) is 0 Å². The van der Waals surface area contributed by atoms with Gasteiger partial charge < -0.3 is 14.8 Å². The van der Waals surface area contributed by atoms with Crippen LogP contribution in [-0.2, 0) is 14.3 Å². The van der Waals surface area contributed by atoms with Crippen molar-refractivity contribution < 1.29 is 19.1 Å². The molecule has 1 aromatic carbocycles. The van der Waals surface area contributed by atoms with E-state index < -0.39 is 17.7 Å². The van der Waals surface area contributed by atoms with Crippen molar-refractivity contribution >= 4 is 23.4 Å². The van der Waals surface area contributed by atoms with Crippen LogP contribution in [0.1, 0.15) is 40.2 Å². The molecular weight excluding hydrogens is 334 g/mol. The maximum absolute atomic E-state index is 12.2. The molecule has 2 N–H and O–H groups in total. The Morgan fingerprint density at radius 2 is 1.77 bits per heavy atom. The van der Waals surface area contributed by atoms with E-state index in [-0.39, 0.29) is 17.9 Å². The molecule has 0 unspecified atom stereocenters. The summed E-state index contributed by atoms with van der Waals surface area (Å²) in [6.07, 6.45) is -0.764. The molecular formula is C19H25N3O4. The van der Waals surface area contributed by atoms with Crippen molar-refractivity contribution in [3.8, 4) is 6.07 Å². The third-order valence-electron chi connectivity index (χ3n) is 3.02. The smallest absolute Gasteiger partial charge is 0.412 e. The van der Waals surface area contributed by atoms with Gasteiger partial charge in [-0.05, 0) is 52.3 Å². The van der Waals surface area contributed by atoms with Crippen molar-refractivity contribution in [1.29, 1.82) is 5.26 Å². The fourth-order valence-corrected chi connectivity index (χ4v) is 2.05. The molecule has 0 saturated carbocycles. The number of nitrogens with zero attached hydrogens (tertiary/aromatic N) is 1. The molecule has 0 aliphatic carbocycles. The van der Waals surface area contributed by atoms with Gasteiger partial charge in [0.05, 0.1) is 12.3 Å². The summed E-state index contributed by atoms with van der Waals surface area (Å²) in [6.45, 7) is 9.64. The van der Waals surface area contributed by atoms with Gasteiger partial charge in [-0.25, -0.2) is 9.59 Å². The Balaban J connectivity index is 3.30. The van der Waals surface area contributed by atoms with E-state index in [2.05, 4.69) is 10.6 Å². The van der Waals surface area contributed by atoms with Gasteiger partial charge in [-0.2, -0.15) is 5.26 Å². The maximum atomic E-state index is 12.2. The Labute approximate surface area is 154 Å². The summed E-state index contributed by atoms with van der Waals surface area (Å²) in [7, 11) is 0. The topological polar surface area (TPSA) is 100 Å². The fraction of sp³-hybridized carbons (Fsp3) is 0.421. The van der Waals surface area contributed by atoms with Gasteiger partial charge in [0, 0.05) is 12.2 Å². The van der Waals surface area contributed by atoms with Crippen LogP contribution in [-0.4, -0.2) is 30.8 Å². The molecule has 1 amide bonds. The standard InChI is InChI=1S/C19H25N3O4/c1-6-21-14-10-8-13(9-11-14)16(15(12-20)17(23)25-7-2)22-18(24)26-19(3,4)5/h8-11,21H,6-7H2,1-5H3,(H,22,24)/b16-15-. The first-order chi connectivity index (χ1) is 12.2. The van der Waals surface area contributed by atoms with Crippen LogP contribution < -0.4 is 10.6 Å². The Kier molecular flexibility index (Phi) is 7.66. The zero-order valence-corrected chi connectivity index (χ0v) is 15.8. The molecule has 0 radical (unpaired) electrons. The largest absolute Gasteiger partial charge is 0.462 e. The highest BCUT2D eigenvalue weighted by atomic mass is 16.6. The zero-order chi connectivity index (χ0) is 19.7. The number of carbonyl (C=O) groups excluding carboxylic acids is 2.